The Morgan fingerprint density at radius 1 is 0.364 bits per heavy atom. The van der Waals surface area contributed by atoms with Crippen molar-refractivity contribution in [2.24, 2.45) is 0 Å². The number of benzene rings is 5. The number of pyridine rings is 1. The normalized spacial score (nSPS) is 13.2. The molecule has 1 heterocycles. The van der Waals surface area contributed by atoms with E-state index in [0.717, 1.165) is 0 Å². The zero-order valence-corrected chi connectivity index (χ0v) is 37.2. The maximum atomic E-state index is 14.2. The molecule has 77 heavy (non-hydrogen) atoms. The molecule has 0 aliphatic rings. The highest BCUT2D eigenvalue weighted by atomic mass is 19.4. The molecule has 0 bridgehead atoms. The molecule has 4 nitrogen and oxygen atoms in total. The molecule has 0 aliphatic carbocycles. The second-order valence-corrected chi connectivity index (χ2v) is 16.3. The van der Waals surface area contributed by atoms with Crippen molar-refractivity contribution >= 4 is 39.7 Å². The van der Waals surface area contributed by atoms with E-state index in [9.17, 15) is 119 Å². The number of halogens is 25. The van der Waals surface area contributed by atoms with E-state index in [1.54, 1.807) is 41.2 Å². The third-order valence-electron chi connectivity index (χ3n) is 11.2. The lowest BCUT2D eigenvalue weighted by molar-refractivity contribution is -0.683. The summed E-state index contributed by atoms with van der Waals surface area (Å²) in [5.74, 6) is -0.760. The first-order valence-electron chi connectivity index (χ1n) is 20.6. The van der Waals surface area contributed by atoms with Crippen molar-refractivity contribution < 1.29 is 129 Å². The second-order valence-electron chi connectivity index (χ2n) is 16.3. The number of ketones is 1. The first-order valence-corrected chi connectivity index (χ1v) is 20.6. The van der Waals surface area contributed by atoms with Crippen molar-refractivity contribution in [1.82, 2.24) is 0 Å². The summed E-state index contributed by atoms with van der Waals surface area (Å²) in [5.41, 5.74) is -29.3. The van der Waals surface area contributed by atoms with Gasteiger partial charge in [0.15, 0.2) is 12.4 Å². The molecule has 0 atom stereocenters. The van der Waals surface area contributed by atoms with E-state index in [2.05, 4.69) is 4.74 Å². The number of carbonyl (C=O) groups excluding carboxylic acids is 2. The van der Waals surface area contributed by atoms with Crippen LogP contribution in [0.1, 0.15) is 65.2 Å². The molecule has 0 N–H and O–H groups in total. The molecule has 0 fully saturated rings. The van der Waals surface area contributed by atoms with E-state index in [1.165, 1.54) is 12.1 Å². The van der Waals surface area contributed by atoms with E-state index in [4.69, 9.17) is 0 Å². The summed E-state index contributed by atoms with van der Waals surface area (Å²) >= 11 is 0. The van der Waals surface area contributed by atoms with E-state index in [-0.39, 0.29) is 17.9 Å². The van der Waals surface area contributed by atoms with Gasteiger partial charge in [-0.1, -0.05) is 78.9 Å². The number of ether oxygens (including phenoxy) is 1. The number of hydrogen-bond donors (Lipinski definition) is 0. The van der Waals surface area contributed by atoms with Gasteiger partial charge in [-0.25, -0.2) is 9.18 Å². The van der Waals surface area contributed by atoms with Crippen LogP contribution < -0.4 is 26.4 Å². The fourth-order valence-corrected chi connectivity index (χ4v) is 7.78. The zero-order valence-electron chi connectivity index (χ0n) is 37.2. The summed E-state index contributed by atoms with van der Waals surface area (Å²) in [6.07, 6.45) is -51.6. The van der Waals surface area contributed by atoms with Gasteiger partial charge in [-0.3, -0.25) is 4.79 Å². The monoisotopic (exact) mass is 1140 g/mol. The lowest BCUT2D eigenvalue weighted by Gasteiger charge is -2.46. The maximum Gasteiger partial charge on any atom is 0.416 e. The number of aromatic nitrogens is 1. The Hall–Kier alpha value is -7.30. The molecule has 30 heteroatoms. The van der Waals surface area contributed by atoms with Crippen LogP contribution in [-0.2, 0) is 60.7 Å². The lowest BCUT2D eigenvalue weighted by Crippen LogP contribution is -2.75. The average Bonchev–Trinajstić information content (AvgIpc) is 3.30. The molecule has 1 aromatic heterocycles. The molecule has 6 rings (SSSR count). The Morgan fingerprint density at radius 3 is 0.831 bits per heavy atom. The van der Waals surface area contributed by atoms with Crippen molar-refractivity contribution in [2.75, 3.05) is 6.86 Å². The number of alkyl halides is 25. The van der Waals surface area contributed by atoms with Crippen LogP contribution in [0.3, 0.4) is 0 Å². The Morgan fingerprint density at radius 2 is 0.610 bits per heavy atom. The number of esters is 1. The summed E-state index contributed by atoms with van der Waals surface area (Å²) in [7, 11) is 0. The molecule has 0 radical (unpaired) electrons. The topological polar surface area (TPSA) is 47.2 Å². The van der Waals surface area contributed by atoms with E-state index in [0.29, 0.717) is 5.56 Å². The molecular weight excluding hydrogens is 1110 g/mol. The molecule has 0 unspecified atom stereocenters. The quantitative estimate of drug-likeness (QED) is 0.0477. The predicted molar refractivity (Wildman–Crippen MR) is 219 cm³/mol. The van der Waals surface area contributed by atoms with Gasteiger partial charge in [0.1, 0.15) is 6.15 Å². The van der Waals surface area contributed by atoms with Crippen LogP contribution in [0.5, 0.6) is 0 Å². The summed E-state index contributed by atoms with van der Waals surface area (Å²) in [6.45, 7) is -0.983. The fourth-order valence-electron chi connectivity index (χ4n) is 7.78. The summed E-state index contributed by atoms with van der Waals surface area (Å²) < 4.78 is 359. The minimum atomic E-state index is -6.13. The standard InChI is InChI=1S/C32H12BF24.C15H13FNO3/c34-25(35,36)13-1-14(26(37,38)39)6-21(5-13)33(22-7-15(27(40,41)42)2-16(8-22)28(43,44)45,23-9-17(29(46,47)48)3-18(10-23)30(49,50)51)24-11-19(31(52,53)54)4-20(12-24)32(55,56)57;16-11-20-15(19)13-6-8-17(9-7-13)10-14(18)12-4-2-1-3-5-12/h1-12H;1-9H,10-11H2/q-1;+1. The van der Waals surface area contributed by atoms with E-state index >= 15 is 0 Å². The fraction of sp³-hybridized carbons (Fsp3) is 0.213. The summed E-state index contributed by atoms with van der Waals surface area (Å²) in [5, 5.41) is 0. The molecule has 0 saturated carbocycles. The van der Waals surface area contributed by atoms with Gasteiger partial charge in [0.25, 0.3) is 0 Å². The van der Waals surface area contributed by atoms with Crippen molar-refractivity contribution in [3.63, 3.8) is 0 Å². The Kier molecular flexibility index (Phi) is 16.7. The van der Waals surface area contributed by atoms with Gasteiger partial charge in [0.2, 0.25) is 19.2 Å². The second kappa shape index (κ2) is 21.3. The van der Waals surface area contributed by atoms with Crippen molar-refractivity contribution in [3.8, 4) is 0 Å². The van der Waals surface area contributed by atoms with E-state index in [1.807, 2.05) is 6.07 Å². The first kappa shape index (κ1) is 60.6. The lowest BCUT2D eigenvalue weighted by atomic mass is 9.12. The first-order chi connectivity index (χ1) is 35.0. The summed E-state index contributed by atoms with van der Waals surface area (Å²) in [6, 6.07) is 3.09. The molecule has 0 saturated heterocycles. The minimum Gasteiger partial charge on any atom is -0.430 e. The molecule has 414 valence electrons. The molecule has 5 aromatic carbocycles. The van der Waals surface area contributed by atoms with Crippen LogP contribution in [0.15, 0.2) is 128 Å². The number of hydrogen-bond acceptors (Lipinski definition) is 3. The minimum absolute atomic E-state index is 0.0327. The molecule has 6 aromatic rings. The van der Waals surface area contributed by atoms with Gasteiger partial charge >= 0.3 is 55.4 Å². The van der Waals surface area contributed by atoms with Gasteiger partial charge in [-0.15, -0.1) is 0 Å². The number of carbonyl (C=O) groups is 2. The third-order valence-corrected chi connectivity index (χ3v) is 11.2. The van der Waals surface area contributed by atoms with Crippen LogP contribution in [0.4, 0.5) is 110 Å². The predicted octanol–water partition coefficient (Wildman–Crippen LogP) is 13.2. The van der Waals surface area contributed by atoms with Crippen LogP contribution in [-0.4, -0.2) is 24.8 Å². The number of nitrogens with zero attached hydrogens (tertiary/aromatic N) is 1. The zero-order chi connectivity index (χ0) is 58.3. The van der Waals surface area contributed by atoms with Crippen molar-refractivity contribution in [1.29, 1.82) is 0 Å². The van der Waals surface area contributed by atoms with Gasteiger partial charge in [0.05, 0.1) is 50.1 Å². The van der Waals surface area contributed by atoms with Crippen LogP contribution >= 0.6 is 0 Å². The Labute approximate surface area is 414 Å². The Bertz CT molecular complexity index is 2660. The highest BCUT2D eigenvalue weighted by Gasteiger charge is 2.47. The highest BCUT2D eigenvalue weighted by molar-refractivity contribution is 7.20. The highest BCUT2D eigenvalue weighted by Crippen LogP contribution is 2.41. The Balaban J connectivity index is 0.000000455. The van der Waals surface area contributed by atoms with Gasteiger partial charge in [-0.2, -0.15) is 132 Å². The maximum absolute atomic E-state index is 14.2. The molecule has 0 spiro atoms. The summed E-state index contributed by atoms with van der Waals surface area (Å²) in [4.78, 5) is 23.2. The van der Waals surface area contributed by atoms with Crippen LogP contribution in [0.25, 0.3) is 0 Å². The smallest absolute Gasteiger partial charge is 0.416 e. The van der Waals surface area contributed by atoms with Crippen molar-refractivity contribution in [3.05, 3.63) is 183 Å². The molecular formula is C47H25BF25NO3. The number of Topliss-reactive ketones (excluding diaryl/α,β-unsaturated/α-hetero) is 1. The van der Waals surface area contributed by atoms with Crippen LogP contribution in [0, 0.1) is 0 Å². The van der Waals surface area contributed by atoms with Gasteiger partial charge in [-0.05, 0) is 24.3 Å². The van der Waals surface area contributed by atoms with Gasteiger partial charge in [0, 0.05) is 17.7 Å². The SMILES string of the molecule is FC(F)(F)c1cc([B-](c2cc(C(F)(F)F)cc(C(F)(F)F)c2)(c2cc(C(F)(F)F)cc(C(F)(F)F)c2)c2cc(C(F)(F)F)cc(C(F)(F)F)c2)cc(C(F)(F)F)c1.O=C(C[n+]1ccc(C(=O)OCF)cc1)c1ccccc1. The molecule has 0 amide bonds. The number of rotatable bonds is 9. The van der Waals surface area contributed by atoms with E-state index < -0.39 is 208 Å². The van der Waals surface area contributed by atoms with Crippen molar-refractivity contribution in [2.45, 2.75) is 56.0 Å². The van der Waals surface area contributed by atoms with Crippen LogP contribution in [0.2, 0.25) is 0 Å². The largest absolute Gasteiger partial charge is 0.430 e. The van der Waals surface area contributed by atoms with Gasteiger partial charge < -0.3 is 4.74 Å². The average molecular weight is 1140 g/mol. The molecule has 0 aliphatic heterocycles. The third kappa shape index (κ3) is 14.4.